The number of carbonyl (C=O) groups excluding carboxylic acids is 1. The fraction of sp³-hybridized carbons (Fsp3) is 0.214. The van der Waals surface area contributed by atoms with Crippen LogP contribution in [0.3, 0.4) is 0 Å². The van der Waals surface area contributed by atoms with Crippen molar-refractivity contribution in [2.24, 2.45) is 0 Å². The van der Waals surface area contributed by atoms with Crippen LogP contribution >= 0.6 is 0 Å². The zero-order valence-corrected chi connectivity index (χ0v) is 21.6. The second-order valence-corrected chi connectivity index (χ2v) is 10.1. The molecule has 2 aromatic heterocycles. The van der Waals surface area contributed by atoms with E-state index >= 15 is 0 Å². The van der Waals surface area contributed by atoms with Gasteiger partial charge in [0.1, 0.15) is 16.6 Å². The number of rotatable bonds is 7. The molecule has 0 bridgehead atoms. The summed E-state index contributed by atoms with van der Waals surface area (Å²) in [4.78, 5) is 28.2. The number of hydrogen-bond acceptors (Lipinski definition) is 8. The third-order valence-electron chi connectivity index (χ3n) is 5.92. The van der Waals surface area contributed by atoms with Crippen LogP contribution in [0.5, 0.6) is 5.75 Å². The first-order valence-corrected chi connectivity index (χ1v) is 13.5. The van der Waals surface area contributed by atoms with Gasteiger partial charge >= 0.3 is 6.09 Å². The lowest BCUT2D eigenvalue weighted by molar-refractivity contribution is 0.0985. The first-order chi connectivity index (χ1) is 18.5. The number of pyridine rings is 1. The van der Waals surface area contributed by atoms with Crippen molar-refractivity contribution >= 4 is 28.4 Å². The van der Waals surface area contributed by atoms with E-state index in [0.717, 1.165) is 11.4 Å². The Labute approximate surface area is 223 Å². The van der Waals surface area contributed by atoms with Crippen molar-refractivity contribution in [1.82, 2.24) is 15.0 Å². The fourth-order valence-corrected chi connectivity index (χ4v) is 5.01. The Hall–Kier alpha value is -4.15. The van der Waals surface area contributed by atoms with Crippen LogP contribution in [0.25, 0.3) is 11.4 Å². The lowest BCUT2D eigenvalue weighted by atomic mass is 10.2. The molecule has 1 fully saturated rings. The van der Waals surface area contributed by atoms with Gasteiger partial charge < -0.3 is 14.4 Å². The Morgan fingerprint density at radius 3 is 2.61 bits per heavy atom. The molecule has 3 heterocycles. The number of morpholine rings is 1. The van der Waals surface area contributed by atoms with Gasteiger partial charge in [0.25, 0.3) is 0 Å². The van der Waals surface area contributed by atoms with Crippen LogP contribution in [-0.4, -0.2) is 51.1 Å². The van der Waals surface area contributed by atoms with E-state index in [4.69, 9.17) is 19.4 Å². The molecule has 0 radical (unpaired) electrons. The van der Waals surface area contributed by atoms with E-state index in [0.29, 0.717) is 47.7 Å². The molecule has 5 rings (SSSR count). The summed E-state index contributed by atoms with van der Waals surface area (Å²) in [6.07, 6.45) is 1.05. The average Bonchev–Trinajstić information content (AvgIpc) is 2.94. The molecule has 194 valence electrons. The van der Waals surface area contributed by atoms with Gasteiger partial charge in [-0.3, -0.25) is 9.53 Å². The molecular weight excluding hydrogens is 502 g/mol. The Kier molecular flexibility index (Phi) is 8.01. The summed E-state index contributed by atoms with van der Waals surface area (Å²) in [6.45, 7) is 4.00. The van der Waals surface area contributed by atoms with E-state index in [2.05, 4.69) is 22.1 Å². The third-order valence-corrected chi connectivity index (χ3v) is 7.19. The number of hydrogen-bond donors (Lipinski definition) is 1. The lowest BCUT2D eigenvalue weighted by Gasteiger charge is -2.34. The summed E-state index contributed by atoms with van der Waals surface area (Å²) in [5.74, 6) is 1.93. The van der Waals surface area contributed by atoms with E-state index in [1.54, 1.807) is 54.7 Å². The highest BCUT2D eigenvalue weighted by atomic mass is 32.2. The normalized spacial score (nSPS) is 16.0. The van der Waals surface area contributed by atoms with Crippen LogP contribution in [-0.2, 0) is 21.3 Å². The minimum absolute atomic E-state index is 0.142. The highest BCUT2D eigenvalue weighted by Crippen LogP contribution is 2.25. The van der Waals surface area contributed by atoms with Crippen molar-refractivity contribution in [3.8, 4) is 17.1 Å². The van der Waals surface area contributed by atoms with Gasteiger partial charge in [-0.1, -0.05) is 24.3 Å². The smallest absolute Gasteiger partial charge is 0.410 e. The predicted octanol–water partition coefficient (Wildman–Crippen LogP) is 4.68. The monoisotopic (exact) mass is 529 g/mol. The zero-order valence-electron chi connectivity index (χ0n) is 20.8. The SMILES string of the molecule is C[C@H]1COCCN1c1cc(CS(=O)c2ccccn2)nc(-c2ccc(NC(=O)Oc3ccccc3)cc2)n1. The summed E-state index contributed by atoms with van der Waals surface area (Å²) in [5, 5.41) is 3.23. The molecular formula is C28H27N5O4S. The van der Waals surface area contributed by atoms with Gasteiger partial charge in [-0.25, -0.2) is 19.7 Å². The Bertz CT molecular complexity index is 1400. The van der Waals surface area contributed by atoms with Crippen LogP contribution in [0.4, 0.5) is 16.3 Å². The van der Waals surface area contributed by atoms with Gasteiger partial charge in [-0.15, -0.1) is 0 Å². The number of para-hydroxylation sites is 1. The molecule has 2 atom stereocenters. The second kappa shape index (κ2) is 11.9. The number of ether oxygens (including phenoxy) is 2. The zero-order chi connectivity index (χ0) is 26.3. The van der Waals surface area contributed by atoms with Crippen LogP contribution in [0, 0.1) is 0 Å². The van der Waals surface area contributed by atoms with E-state index in [1.807, 2.05) is 30.3 Å². The molecule has 1 unspecified atom stereocenters. The van der Waals surface area contributed by atoms with Crippen LogP contribution in [0.15, 0.2) is 90.1 Å². The number of aromatic nitrogens is 3. The summed E-state index contributed by atoms with van der Waals surface area (Å²) in [7, 11) is -1.35. The van der Waals surface area contributed by atoms with E-state index in [9.17, 15) is 9.00 Å². The fourth-order valence-electron chi connectivity index (χ4n) is 4.03. The number of benzene rings is 2. The molecule has 9 nitrogen and oxygen atoms in total. The average molecular weight is 530 g/mol. The summed E-state index contributed by atoms with van der Waals surface area (Å²) in [6, 6.07) is 23.4. The van der Waals surface area contributed by atoms with Gasteiger partial charge in [-0.05, 0) is 55.5 Å². The number of amides is 1. The van der Waals surface area contributed by atoms with Gasteiger partial charge in [0, 0.05) is 30.1 Å². The standard InChI is InChI=1S/C28H27N5O4S/c1-20-18-36-16-15-33(20)25-17-23(19-38(35)26-9-5-6-14-29-26)30-27(32-25)21-10-12-22(13-11-21)31-28(34)37-24-7-3-2-4-8-24/h2-14,17,20H,15-16,18-19H2,1H3,(H,31,34)/t20-,38?/m0/s1. The first-order valence-electron chi connectivity index (χ1n) is 12.2. The van der Waals surface area contributed by atoms with E-state index < -0.39 is 16.9 Å². The number of anilines is 2. The summed E-state index contributed by atoms with van der Waals surface area (Å²) < 4.78 is 23.9. The molecule has 1 aliphatic heterocycles. The topological polar surface area (TPSA) is 107 Å². The lowest BCUT2D eigenvalue weighted by Crippen LogP contribution is -2.44. The van der Waals surface area contributed by atoms with Crippen LogP contribution in [0.1, 0.15) is 12.6 Å². The van der Waals surface area contributed by atoms with Crippen molar-refractivity contribution in [3.05, 3.63) is 90.8 Å². The Balaban J connectivity index is 1.38. The Morgan fingerprint density at radius 1 is 1.08 bits per heavy atom. The minimum atomic E-state index is -1.35. The molecule has 10 heteroatoms. The summed E-state index contributed by atoms with van der Waals surface area (Å²) in [5.41, 5.74) is 1.99. The quantitative estimate of drug-likeness (QED) is 0.368. The molecule has 1 amide bonds. The third kappa shape index (κ3) is 6.39. The maximum atomic E-state index is 13.0. The molecule has 0 saturated carbocycles. The number of nitrogens with zero attached hydrogens (tertiary/aromatic N) is 4. The maximum absolute atomic E-state index is 13.0. The van der Waals surface area contributed by atoms with Crippen molar-refractivity contribution in [2.45, 2.75) is 23.7 Å². The highest BCUT2D eigenvalue weighted by Gasteiger charge is 2.22. The van der Waals surface area contributed by atoms with Crippen LogP contribution < -0.4 is 15.0 Å². The molecule has 38 heavy (non-hydrogen) atoms. The van der Waals surface area contributed by atoms with Crippen molar-refractivity contribution < 1.29 is 18.5 Å². The van der Waals surface area contributed by atoms with Gasteiger partial charge in [0.05, 0.1) is 41.5 Å². The molecule has 2 aromatic carbocycles. The van der Waals surface area contributed by atoms with Gasteiger partial charge in [0.2, 0.25) is 0 Å². The second-order valence-electron chi connectivity index (χ2n) is 8.72. The van der Waals surface area contributed by atoms with Crippen molar-refractivity contribution in [1.29, 1.82) is 0 Å². The van der Waals surface area contributed by atoms with E-state index in [1.165, 1.54) is 0 Å². The molecule has 1 aliphatic rings. The van der Waals surface area contributed by atoms with E-state index in [-0.39, 0.29) is 11.8 Å². The summed E-state index contributed by atoms with van der Waals surface area (Å²) >= 11 is 0. The van der Waals surface area contributed by atoms with Crippen molar-refractivity contribution in [3.63, 3.8) is 0 Å². The Morgan fingerprint density at radius 2 is 1.87 bits per heavy atom. The highest BCUT2D eigenvalue weighted by molar-refractivity contribution is 7.84. The predicted molar refractivity (Wildman–Crippen MR) is 146 cm³/mol. The number of carbonyl (C=O) groups is 1. The maximum Gasteiger partial charge on any atom is 0.417 e. The van der Waals surface area contributed by atoms with Crippen molar-refractivity contribution in [2.75, 3.05) is 30.0 Å². The number of nitrogens with one attached hydrogen (secondary N) is 1. The molecule has 0 spiro atoms. The van der Waals surface area contributed by atoms with Gasteiger partial charge in [0.15, 0.2) is 5.82 Å². The van der Waals surface area contributed by atoms with Crippen LogP contribution in [0.2, 0.25) is 0 Å². The van der Waals surface area contributed by atoms with Gasteiger partial charge in [-0.2, -0.15) is 0 Å². The molecule has 4 aromatic rings. The largest absolute Gasteiger partial charge is 0.417 e. The molecule has 0 aliphatic carbocycles. The first kappa shape index (κ1) is 25.5. The minimum Gasteiger partial charge on any atom is -0.410 e. The molecule has 1 saturated heterocycles. The molecule has 1 N–H and O–H groups in total.